The molecule has 6 rings (SSSR count). The van der Waals surface area contributed by atoms with Crippen LogP contribution in [0.25, 0.3) is 21.8 Å². The molecule has 0 fully saturated rings. The van der Waals surface area contributed by atoms with E-state index in [2.05, 4.69) is 4.98 Å². The molecular weight excluding hydrogens is 634 g/mol. The van der Waals surface area contributed by atoms with Crippen molar-refractivity contribution >= 4 is 49.4 Å². The fourth-order valence-corrected chi connectivity index (χ4v) is 6.83. The van der Waals surface area contributed by atoms with Crippen LogP contribution in [0.5, 0.6) is 17.5 Å². The molecule has 48 heavy (non-hydrogen) atoms. The number of amides is 1. The second kappa shape index (κ2) is 13.5. The Balaban J connectivity index is 1.26. The highest BCUT2D eigenvalue weighted by molar-refractivity contribution is 7.93. The molecule has 0 saturated carbocycles. The number of sulfonamides is 1. The normalized spacial score (nSPS) is 11.4. The van der Waals surface area contributed by atoms with Crippen molar-refractivity contribution in [3.8, 4) is 17.5 Å². The molecule has 0 unspecified atom stereocenters. The van der Waals surface area contributed by atoms with E-state index in [4.69, 9.17) is 9.57 Å². The second-order valence-corrected chi connectivity index (χ2v) is 12.7. The van der Waals surface area contributed by atoms with Gasteiger partial charge in [-0.25, -0.2) is 18.2 Å². The second-order valence-electron chi connectivity index (χ2n) is 11.0. The average Bonchev–Trinajstić information content (AvgIpc) is 3.41. The Morgan fingerprint density at radius 3 is 1.94 bits per heavy atom. The predicted molar refractivity (Wildman–Crippen MR) is 180 cm³/mol. The molecule has 0 aliphatic rings. The van der Waals surface area contributed by atoms with Gasteiger partial charge in [-0.3, -0.25) is 4.79 Å². The number of fused-ring (bicyclic) bond motifs is 2. The first kappa shape index (κ1) is 32.1. The minimum atomic E-state index is -4.43. The minimum Gasteiger partial charge on any atom is -0.497 e. The van der Waals surface area contributed by atoms with Crippen molar-refractivity contribution in [3.05, 3.63) is 120 Å². The maximum Gasteiger partial charge on any atom is 0.333 e. The van der Waals surface area contributed by atoms with E-state index >= 15 is 0 Å². The van der Waals surface area contributed by atoms with Gasteiger partial charge in [-0.15, -0.1) is 4.73 Å². The zero-order chi connectivity index (χ0) is 33.8. The fraction of sp³-hybridized carbons (Fsp3) is 0.139. The number of pyridine rings is 1. The van der Waals surface area contributed by atoms with Crippen LogP contribution in [-0.2, 0) is 21.2 Å². The molecule has 11 nitrogen and oxygen atoms in total. The third kappa shape index (κ3) is 6.38. The summed E-state index contributed by atoms with van der Waals surface area (Å²) in [5, 5.41) is 20.3. The summed E-state index contributed by atoms with van der Waals surface area (Å²) in [6.45, 7) is 0. The molecule has 0 radical (unpaired) electrons. The summed E-state index contributed by atoms with van der Waals surface area (Å²) in [6.07, 6.45) is 1.63. The Kier molecular flexibility index (Phi) is 9.00. The number of methoxy groups -OCH3 is 1. The zero-order valence-electron chi connectivity index (χ0n) is 25.8. The maximum atomic E-state index is 14.6. The van der Waals surface area contributed by atoms with E-state index in [1.807, 2.05) is 12.1 Å². The lowest BCUT2D eigenvalue weighted by Crippen LogP contribution is -2.37. The highest BCUT2D eigenvalue weighted by Crippen LogP contribution is 2.33. The van der Waals surface area contributed by atoms with Crippen molar-refractivity contribution < 1.29 is 37.8 Å². The quantitative estimate of drug-likeness (QED) is 0.125. The van der Waals surface area contributed by atoms with E-state index < -0.39 is 33.7 Å². The summed E-state index contributed by atoms with van der Waals surface area (Å²) in [5.41, 5.74) is 2.31. The highest BCUT2D eigenvalue weighted by Gasteiger charge is 2.34. The molecule has 0 spiro atoms. The summed E-state index contributed by atoms with van der Waals surface area (Å²) in [7, 11) is -2.93. The van der Waals surface area contributed by atoms with Crippen LogP contribution in [0.3, 0.4) is 0 Å². The van der Waals surface area contributed by atoms with Crippen LogP contribution in [0.4, 0.5) is 5.69 Å². The van der Waals surface area contributed by atoms with Gasteiger partial charge in [0.25, 0.3) is 15.9 Å². The van der Waals surface area contributed by atoms with Crippen LogP contribution in [0, 0.1) is 0 Å². The van der Waals surface area contributed by atoms with Crippen LogP contribution >= 0.6 is 0 Å². The molecule has 244 valence electrons. The lowest BCUT2D eigenvalue weighted by Gasteiger charge is -2.24. The van der Waals surface area contributed by atoms with Crippen molar-refractivity contribution in [2.45, 2.75) is 30.6 Å². The minimum absolute atomic E-state index is 0.0425. The van der Waals surface area contributed by atoms with E-state index in [9.17, 15) is 28.2 Å². The maximum absolute atomic E-state index is 14.6. The molecule has 0 bridgehead atoms. The van der Waals surface area contributed by atoms with Gasteiger partial charge in [-0.1, -0.05) is 48.5 Å². The number of carbonyl (C=O) groups is 2. The van der Waals surface area contributed by atoms with Gasteiger partial charge >= 0.3 is 5.97 Å². The molecular formula is C36H31N3O8S. The van der Waals surface area contributed by atoms with Crippen molar-refractivity contribution in [2.75, 3.05) is 11.4 Å². The number of carbonyl (C=O) groups excluding carboxylic acids is 2. The van der Waals surface area contributed by atoms with Gasteiger partial charge in [-0.2, -0.15) is 4.31 Å². The van der Waals surface area contributed by atoms with E-state index in [0.717, 1.165) is 9.87 Å². The summed E-state index contributed by atoms with van der Waals surface area (Å²) in [4.78, 5) is 36.3. The van der Waals surface area contributed by atoms with Gasteiger partial charge in [0.15, 0.2) is 0 Å². The zero-order valence-corrected chi connectivity index (χ0v) is 26.6. The van der Waals surface area contributed by atoms with Gasteiger partial charge in [0, 0.05) is 29.3 Å². The lowest BCUT2D eigenvalue weighted by molar-refractivity contribution is -0.145. The SMILES string of the molecule is COc1ccc(N(C(=O)c2c3ccccc3nc3ccccc23)S(=O)(=O)c2ccc(CCCCC(=O)On3c(O)ccc3O)cc2)cc1. The Morgan fingerprint density at radius 2 is 1.35 bits per heavy atom. The Labute approximate surface area is 276 Å². The van der Waals surface area contributed by atoms with Gasteiger partial charge in [0.05, 0.1) is 34.3 Å². The van der Waals surface area contributed by atoms with Crippen LogP contribution in [0.1, 0.15) is 35.2 Å². The van der Waals surface area contributed by atoms with Gasteiger partial charge in [-0.05, 0) is 73.4 Å². The molecule has 4 aromatic carbocycles. The number of rotatable bonds is 11. The first-order valence-electron chi connectivity index (χ1n) is 15.1. The van der Waals surface area contributed by atoms with Crippen LogP contribution < -0.4 is 13.9 Å². The first-order chi connectivity index (χ1) is 23.2. The monoisotopic (exact) mass is 665 g/mol. The number of unbranched alkanes of at least 4 members (excludes halogenated alkanes) is 1. The van der Waals surface area contributed by atoms with Crippen molar-refractivity contribution in [1.29, 1.82) is 0 Å². The number of anilines is 1. The fourth-order valence-electron chi connectivity index (χ4n) is 5.43. The lowest BCUT2D eigenvalue weighted by atomic mass is 10.0. The largest absolute Gasteiger partial charge is 0.497 e. The third-order valence-electron chi connectivity index (χ3n) is 7.84. The molecule has 0 aliphatic heterocycles. The van der Waals surface area contributed by atoms with E-state index in [-0.39, 0.29) is 22.6 Å². The number of benzene rings is 4. The Hall–Kier alpha value is -5.88. The summed E-state index contributed by atoms with van der Waals surface area (Å²) < 4.78 is 35.5. The predicted octanol–water partition coefficient (Wildman–Crippen LogP) is 6.01. The summed E-state index contributed by atoms with van der Waals surface area (Å²) >= 11 is 0. The van der Waals surface area contributed by atoms with Gasteiger partial charge in [0.1, 0.15) is 5.75 Å². The molecule has 0 aliphatic carbocycles. The molecule has 2 heterocycles. The molecule has 0 atom stereocenters. The molecule has 2 N–H and O–H groups in total. The van der Waals surface area contributed by atoms with Gasteiger partial charge < -0.3 is 19.8 Å². The summed E-state index contributed by atoms with van der Waals surface area (Å²) in [5.74, 6) is -1.65. The summed E-state index contributed by atoms with van der Waals surface area (Å²) in [6, 6.07) is 29.2. The number of aryl methyl sites for hydroxylation is 1. The van der Waals surface area contributed by atoms with Crippen molar-refractivity contribution in [3.63, 3.8) is 0 Å². The van der Waals surface area contributed by atoms with Crippen molar-refractivity contribution in [2.24, 2.45) is 0 Å². The van der Waals surface area contributed by atoms with Crippen LogP contribution in [-0.4, -0.2) is 47.3 Å². The number of nitrogens with zero attached hydrogens (tertiary/aromatic N) is 3. The van der Waals surface area contributed by atoms with Crippen LogP contribution in [0.2, 0.25) is 0 Å². The molecule has 1 amide bonds. The molecule has 12 heteroatoms. The van der Waals surface area contributed by atoms with E-state index in [1.165, 1.54) is 43.5 Å². The number of aromatic hydroxyl groups is 2. The first-order valence-corrected chi connectivity index (χ1v) is 16.5. The standard InChI is InChI=1S/C36H31N3O8S/c1-46-26-18-16-25(17-19-26)39(36(43)35-28-9-3-5-11-30(28)37-31-12-6-4-10-29(31)35)48(44,45)27-20-14-24(15-21-27)8-2-7-13-34(42)47-38-32(40)22-23-33(38)41/h3-6,9-12,14-23,40-41H,2,7-8,13H2,1H3. The molecule has 2 aromatic heterocycles. The topological polar surface area (TPSA) is 148 Å². The average molecular weight is 666 g/mol. The van der Waals surface area contributed by atoms with Crippen molar-refractivity contribution in [1.82, 2.24) is 9.71 Å². The smallest absolute Gasteiger partial charge is 0.333 e. The number of hydrogen-bond acceptors (Lipinski definition) is 9. The van der Waals surface area contributed by atoms with Gasteiger partial charge in [0.2, 0.25) is 11.8 Å². The highest BCUT2D eigenvalue weighted by atomic mass is 32.2. The number of hydrogen-bond donors (Lipinski definition) is 2. The Bertz CT molecular complexity index is 2160. The van der Waals surface area contributed by atoms with Crippen LogP contribution in [0.15, 0.2) is 114 Å². The number of para-hydroxylation sites is 2. The molecule has 0 saturated heterocycles. The van der Waals surface area contributed by atoms with E-state index in [0.29, 0.717) is 51.5 Å². The van der Waals surface area contributed by atoms with E-state index in [1.54, 1.807) is 60.7 Å². The third-order valence-corrected chi connectivity index (χ3v) is 9.57. The molecule has 6 aromatic rings. The number of ether oxygens (including phenoxy) is 1. The Morgan fingerprint density at radius 1 is 0.771 bits per heavy atom. The number of aromatic nitrogens is 2.